The number of phenols is 4. The van der Waals surface area contributed by atoms with Crippen LogP contribution in [0, 0.1) is 19.7 Å². The maximum atomic E-state index is 14.9. The van der Waals surface area contributed by atoms with Crippen LogP contribution in [-0.4, -0.2) is 140 Å². The number of halogens is 3. The van der Waals surface area contributed by atoms with Gasteiger partial charge in [0.25, 0.3) is 0 Å². The highest BCUT2D eigenvalue weighted by molar-refractivity contribution is 5.61. The van der Waals surface area contributed by atoms with E-state index >= 15 is 0 Å². The molecule has 123 heavy (non-hydrogen) atoms. The molecular weight excluding hydrogens is 1580 g/mol. The van der Waals surface area contributed by atoms with E-state index < -0.39 is 6.29 Å². The molecule has 0 radical (unpaired) electrons. The van der Waals surface area contributed by atoms with E-state index in [0.29, 0.717) is 31.5 Å². The van der Waals surface area contributed by atoms with Crippen LogP contribution in [0.15, 0.2) is 115 Å². The lowest BCUT2D eigenvalue weighted by molar-refractivity contribution is -0.286. The summed E-state index contributed by atoms with van der Waals surface area (Å²) < 4.78 is 117. The van der Waals surface area contributed by atoms with Gasteiger partial charge < -0.3 is 86.7 Å². The Bertz CT molecular complexity index is 5960. The van der Waals surface area contributed by atoms with Crippen LogP contribution in [-0.2, 0) is 90.4 Å². The monoisotopic (exact) mass is 1680 g/mol. The smallest absolute Gasteiger partial charge is 0.504 e. The average molecular weight is 1680 g/mol. The van der Waals surface area contributed by atoms with Crippen molar-refractivity contribution in [3.05, 3.63) is 243 Å². The topological polar surface area (TPSA) is 226 Å². The summed E-state index contributed by atoms with van der Waals surface area (Å²) in [4.78, 5) is 12.3. The minimum atomic E-state index is -3.58. The van der Waals surface area contributed by atoms with Crippen molar-refractivity contribution < 1.29 is 99.9 Å². The largest absolute Gasteiger partial charge is 0.586 e. The van der Waals surface area contributed by atoms with Crippen LogP contribution in [0.1, 0.15) is 166 Å². The van der Waals surface area contributed by atoms with Gasteiger partial charge in [-0.2, -0.15) is 0 Å². The molecule has 0 saturated carbocycles. The molecule has 15 heterocycles. The lowest BCUT2D eigenvalue weighted by atomic mass is 9.81. The molecule has 10 aromatic rings. The Hall–Kier alpha value is -11.8. The van der Waals surface area contributed by atoms with Crippen molar-refractivity contribution in [2.24, 2.45) is 0 Å². The number of nitrogens with zero attached hydrogens (tertiary/aromatic N) is 5. The maximum absolute atomic E-state index is 14.9. The Morgan fingerprint density at radius 2 is 0.683 bits per heavy atom. The lowest BCUT2D eigenvalue weighted by Crippen LogP contribution is -2.41. The Kier molecular flexibility index (Phi) is 19.7. The van der Waals surface area contributed by atoms with Crippen LogP contribution in [0.2, 0.25) is 0 Å². The summed E-state index contributed by atoms with van der Waals surface area (Å²) in [5.41, 5.74) is 27.1. The van der Waals surface area contributed by atoms with Gasteiger partial charge in [0.05, 0.1) is 28.4 Å². The van der Waals surface area contributed by atoms with Crippen molar-refractivity contribution in [2.75, 3.05) is 88.3 Å². The number of aromatic hydroxyl groups is 4. The Morgan fingerprint density at radius 1 is 0.333 bits per heavy atom. The Balaban J connectivity index is 0.0000000945. The molecule has 0 saturated heterocycles. The van der Waals surface area contributed by atoms with Crippen molar-refractivity contribution in [2.45, 2.75) is 154 Å². The third kappa shape index (κ3) is 13.9. The molecule has 0 spiro atoms. The highest BCUT2D eigenvalue weighted by Gasteiger charge is 2.47. The first-order chi connectivity index (χ1) is 59.7. The fourth-order valence-corrected chi connectivity index (χ4v) is 21.5. The number of fused-ring (bicyclic) bond motifs is 25. The second-order valence-corrected chi connectivity index (χ2v) is 34.3. The summed E-state index contributed by atoms with van der Waals surface area (Å²) in [6, 6.07) is 39.2. The summed E-state index contributed by atoms with van der Waals surface area (Å²) in [5, 5.41) is 39.4. The average Bonchev–Trinajstić information content (AvgIpc) is 1.71. The molecule has 3 unspecified atom stereocenters. The van der Waals surface area contributed by atoms with Gasteiger partial charge >= 0.3 is 6.29 Å². The molecule has 10 aromatic carbocycles. The number of alkyl halides is 2. The van der Waals surface area contributed by atoms with Crippen molar-refractivity contribution in [1.29, 1.82) is 0 Å². The summed E-state index contributed by atoms with van der Waals surface area (Å²) >= 11 is 0. The van der Waals surface area contributed by atoms with Gasteiger partial charge in [0.1, 0.15) is 0 Å². The highest BCUT2D eigenvalue weighted by atomic mass is 19.3. The van der Waals surface area contributed by atoms with Crippen molar-refractivity contribution in [3.8, 4) is 103 Å². The number of hydrogen-bond acceptors (Lipinski definition) is 23. The number of aryl methyl sites for hydroxylation is 2. The van der Waals surface area contributed by atoms with Gasteiger partial charge in [0, 0.05) is 95.2 Å². The predicted molar refractivity (Wildman–Crippen MR) is 445 cm³/mol. The lowest BCUT2D eigenvalue weighted by Gasteiger charge is -2.45. The zero-order chi connectivity index (χ0) is 84.1. The molecule has 6 atom stereocenters. The minimum absolute atomic E-state index is 0.0454. The molecule has 25 rings (SSSR count). The standard InChI is InChI=1S/C20H23NO4.C20H21NO2.C19H15F2NO4.C19H16FNO4.C19H21NO4/c1-11-14-9-18(23)17(22)7-13(14)6-16-15-10-20(25-3)19(24-2)8-12(15)4-5-21(11)16;1-12-3-4-13(2)17-10-21-6-5-14-7-19-20(23-11-22-19)9-16(14)18(21)8-15(12)17;20-19(21)25-17-5-11-3-14-13-7-16-15(23-9-24-16)4-10(13)1-2-22(14)8-12(11)6-18(17)26-19;20-18-13-5-14-12-6-16-15(22-8-23-16)3-10(12)1-2-21(14)7-11(13)4-17-19(18)25-9-24-17;1-23-18-8-11-3-4-20-10-13-7-17(22)16(21)6-12(13)5-15(20)14(11)9-19(18)24-2/h7-11,16,22-23H,4-6H2,1-3H3;3-4,7,9,18H,5-6,8,10-11H2,1-2H3;4-7,14H,1-3,8-9H2;3-4,6,14H,1-2,5,7-9H2;6-9,15,21-22H,3-5,10H2,1-2H3/t;18-;2*14-;/m.000./s1. The summed E-state index contributed by atoms with van der Waals surface area (Å²) in [6.45, 7) is 15.8. The molecule has 0 fully saturated rings. The van der Waals surface area contributed by atoms with E-state index in [-0.39, 0.29) is 96.7 Å². The molecule has 15 aliphatic rings. The second-order valence-electron chi connectivity index (χ2n) is 34.3. The van der Waals surface area contributed by atoms with E-state index in [2.05, 4.69) is 128 Å². The maximum Gasteiger partial charge on any atom is 0.586 e. The Labute approximate surface area is 709 Å². The molecule has 15 aliphatic heterocycles. The molecular formula is C97H96F3N5O18. The molecule has 0 amide bonds. The number of rotatable bonds is 4. The SMILES string of the molecule is COc1cc2c(cc1OC)C1Cc3cc(O)c(O)cc3C(C)N1CC2.COc1cc2c(cc1OC)C1Cc3cc(O)c(O)cc3CN1CC2.Cc1ccc(C)c2c1C[C@H]1c3cc4c(cc3CCN1C2)OCO4.FC1(F)Oc2cc3c(cc2O1)CN1CCc2cc4c(cc2[C@@H]1C3)OCO4.Fc1c2c(cc3c1OCO3)CN1CCc3cc4c(cc3[C@@H]1C2)OCO4. The number of phenolic OH excluding ortho intramolecular Hbond substituents is 4. The van der Waals surface area contributed by atoms with Gasteiger partial charge in [-0.1, -0.05) is 12.1 Å². The van der Waals surface area contributed by atoms with E-state index in [1.165, 1.54) is 66.8 Å². The van der Waals surface area contributed by atoms with Crippen molar-refractivity contribution >= 4 is 0 Å². The summed E-state index contributed by atoms with van der Waals surface area (Å²) in [5.74, 6) is 8.60. The second kappa shape index (κ2) is 30.9. The molecule has 0 aromatic heterocycles. The number of hydrogen-bond donors (Lipinski definition) is 4. The van der Waals surface area contributed by atoms with E-state index in [4.69, 9.17) is 56.8 Å². The fraction of sp³-hybridized carbons (Fsp3) is 0.381. The zero-order valence-electron chi connectivity index (χ0n) is 69.6. The quantitative estimate of drug-likeness (QED) is 0.120. The van der Waals surface area contributed by atoms with E-state index in [1.54, 1.807) is 76.0 Å². The predicted octanol–water partition coefficient (Wildman–Crippen LogP) is 16.1. The summed E-state index contributed by atoms with van der Waals surface area (Å²) in [6.07, 6.45) is 5.42. The van der Waals surface area contributed by atoms with Crippen LogP contribution in [0.5, 0.6) is 103 Å². The molecule has 4 N–H and O–H groups in total. The van der Waals surface area contributed by atoms with E-state index in [1.807, 2.05) is 6.07 Å². The van der Waals surface area contributed by atoms with Crippen LogP contribution < -0.4 is 66.3 Å². The number of benzene rings is 10. The third-order valence-electron chi connectivity index (χ3n) is 27.9. The van der Waals surface area contributed by atoms with Gasteiger partial charge in [0.2, 0.25) is 32.9 Å². The third-order valence-corrected chi connectivity index (χ3v) is 27.9. The first kappa shape index (κ1) is 78.4. The minimum Gasteiger partial charge on any atom is -0.504 e. The van der Waals surface area contributed by atoms with Gasteiger partial charge in [-0.25, -0.2) is 4.39 Å². The highest BCUT2D eigenvalue weighted by Crippen LogP contribution is 2.55. The van der Waals surface area contributed by atoms with Gasteiger partial charge in [-0.3, -0.25) is 24.5 Å². The van der Waals surface area contributed by atoms with Crippen molar-refractivity contribution in [3.63, 3.8) is 0 Å². The normalized spacial score (nSPS) is 21.8. The van der Waals surface area contributed by atoms with Crippen LogP contribution in [0.3, 0.4) is 0 Å². The molecule has 23 nitrogen and oxygen atoms in total. The molecule has 0 aliphatic carbocycles. The first-order valence-corrected chi connectivity index (χ1v) is 42.3. The number of ether oxygens (including phenoxy) is 14. The first-order valence-electron chi connectivity index (χ1n) is 42.3. The van der Waals surface area contributed by atoms with Crippen molar-refractivity contribution in [1.82, 2.24) is 24.5 Å². The fourth-order valence-electron chi connectivity index (χ4n) is 21.5. The molecule has 0 bridgehead atoms. The van der Waals surface area contributed by atoms with E-state index in [9.17, 15) is 33.6 Å². The van der Waals surface area contributed by atoms with Crippen LogP contribution in [0.4, 0.5) is 13.2 Å². The zero-order valence-corrected chi connectivity index (χ0v) is 69.6. The Morgan fingerprint density at radius 3 is 1.20 bits per heavy atom. The van der Waals surface area contributed by atoms with Gasteiger partial charge in [-0.15, -0.1) is 8.78 Å². The summed E-state index contributed by atoms with van der Waals surface area (Å²) in [7, 11) is 6.63. The molecule has 638 valence electrons. The van der Waals surface area contributed by atoms with Crippen LogP contribution in [0.25, 0.3) is 0 Å². The van der Waals surface area contributed by atoms with Gasteiger partial charge in [-0.05, 0) is 311 Å². The molecule has 26 heteroatoms. The number of methoxy groups -OCH3 is 4. The van der Waals surface area contributed by atoms with Gasteiger partial charge in [0.15, 0.2) is 104 Å². The van der Waals surface area contributed by atoms with Crippen LogP contribution >= 0.6 is 0 Å². The van der Waals surface area contributed by atoms with E-state index in [0.717, 1.165) is 212 Å².